The number of aromatic nitrogens is 3. The number of imidazole rings is 1. The minimum atomic E-state index is 0.824. The molecule has 0 aliphatic carbocycles. The van der Waals surface area contributed by atoms with Gasteiger partial charge in [0, 0.05) is 23.5 Å². The number of H-pyrrole nitrogens is 1. The first-order valence-corrected chi connectivity index (χ1v) is 5.13. The smallest absolute Gasteiger partial charge is 0.157 e. The van der Waals surface area contributed by atoms with Gasteiger partial charge in [0.25, 0.3) is 0 Å². The van der Waals surface area contributed by atoms with Crippen molar-refractivity contribution in [2.45, 2.75) is 4.90 Å². The second kappa shape index (κ2) is 3.62. The summed E-state index contributed by atoms with van der Waals surface area (Å²) in [7, 11) is 0. The molecule has 0 saturated heterocycles. The summed E-state index contributed by atoms with van der Waals surface area (Å²) in [5.74, 6) is 0.824. The van der Waals surface area contributed by atoms with Gasteiger partial charge < -0.3 is 4.98 Å². The minimum absolute atomic E-state index is 0.824. The van der Waals surface area contributed by atoms with E-state index in [4.69, 9.17) is 0 Å². The van der Waals surface area contributed by atoms with Gasteiger partial charge in [0.2, 0.25) is 0 Å². The Balaban J connectivity index is 2.51. The number of hydrogen-bond acceptors (Lipinski definition) is 3. The molecule has 13 heavy (non-hydrogen) atoms. The molecule has 0 radical (unpaired) electrons. The third-order valence-electron chi connectivity index (χ3n) is 1.71. The third kappa shape index (κ3) is 1.58. The first-order chi connectivity index (χ1) is 6.42. The Bertz CT molecular complexity index is 384. The molecule has 0 saturated carbocycles. The van der Waals surface area contributed by atoms with Crippen molar-refractivity contribution >= 4 is 11.8 Å². The van der Waals surface area contributed by atoms with E-state index in [1.54, 1.807) is 30.4 Å². The van der Waals surface area contributed by atoms with Gasteiger partial charge in [0.1, 0.15) is 5.69 Å². The zero-order chi connectivity index (χ0) is 9.10. The van der Waals surface area contributed by atoms with Crippen LogP contribution in [0.1, 0.15) is 0 Å². The van der Waals surface area contributed by atoms with Crippen molar-refractivity contribution in [1.29, 1.82) is 0 Å². The molecule has 2 rings (SSSR count). The van der Waals surface area contributed by atoms with Crippen LogP contribution in [0.5, 0.6) is 0 Å². The largest absolute Gasteiger partial charge is 0.343 e. The Morgan fingerprint density at radius 3 is 2.92 bits per heavy atom. The predicted molar refractivity (Wildman–Crippen MR) is 53.6 cm³/mol. The molecule has 0 aromatic carbocycles. The fourth-order valence-corrected chi connectivity index (χ4v) is 1.69. The minimum Gasteiger partial charge on any atom is -0.343 e. The number of nitrogens with one attached hydrogen (secondary N) is 1. The number of hydrogen-bond donors (Lipinski definition) is 1. The molecule has 66 valence electrons. The van der Waals surface area contributed by atoms with E-state index in [0.29, 0.717) is 0 Å². The Hall–Kier alpha value is -1.29. The van der Waals surface area contributed by atoms with Crippen LogP contribution in [-0.4, -0.2) is 21.2 Å². The number of aromatic amines is 1. The van der Waals surface area contributed by atoms with Gasteiger partial charge in [0.05, 0.1) is 0 Å². The maximum Gasteiger partial charge on any atom is 0.157 e. The summed E-state index contributed by atoms with van der Waals surface area (Å²) in [4.78, 5) is 12.6. The average molecular weight is 191 g/mol. The van der Waals surface area contributed by atoms with Crippen molar-refractivity contribution < 1.29 is 0 Å². The van der Waals surface area contributed by atoms with Gasteiger partial charge in [-0.25, -0.2) is 4.98 Å². The Kier molecular flexibility index (Phi) is 2.31. The summed E-state index contributed by atoms with van der Waals surface area (Å²) >= 11 is 1.67. The van der Waals surface area contributed by atoms with Crippen molar-refractivity contribution in [3.05, 3.63) is 30.7 Å². The molecule has 0 aliphatic heterocycles. The highest BCUT2D eigenvalue weighted by Gasteiger charge is 2.05. The SMILES string of the molecule is CSc1cccnc1-c1ncc[nH]1. The standard InChI is InChI=1S/C9H9N3S/c1-13-7-3-2-4-10-8(7)9-11-5-6-12-9/h2-6H,1H3,(H,11,12). The Morgan fingerprint density at radius 2 is 2.23 bits per heavy atom. The van der Waals surface area contributed by atoms with Crippen LogP contribution in [0.3, 0.4) is 0 Å². The Morgan fingerprint density at radius 1 is 1.31 bits per heavy atom. The second-order valence-electron chi connectivity index (χ2n) is 2.49. The topological polar surface area (TPSA) is 41.6 Å². The molecule has 2 aromatic heterocycles. The molecule has 1 N–H and O–H groups in total. The number of rotatable bonds is 2. The summed E-state index contributed by atoms with van der Waals surface area (Å²) in [6.07, 6.45) is 7.34. The fourth-order valence-electron chi connectivity index (χ4n) is 1.13. The summed E-state index contributed by atoms with van der Waals surface area (Å²) in [6, 6.07) is 3.97. The molecule has 4 heteroatoms. The summed E-state index contributed by atoms with van der Waals surface area (Å²) in [5, 5.41) is 0. The van der Waals surface area contributed by atoms with Crippen LogP contribution >= 0.6 is 11.8 Å². The van der Waals surface area contributed by atoms with E-state index in [1.807, 2.05) is 18.4 Å². The first-order valence-electron chi connectivity index (χ1n) is 3.90. The van der Waals surface area contributed by atoms with Crippen molar-refractivity contribution in [3.63, 3.8) is 0 Å². The van der Waals surface area contributed by atoms with Gasteiger partial charge >= 0.3 is 0 Å². The summed E-state index contributed by atoms with van der Waals surface area (Å²) in [6.45, 7) is 0. The van der Waals surface area contributed by atoms with E-state index in [9.17, 15) is 0 Å². The molecule has 0 aliphatic rings. The molecule has 3 nitrogen and oxygen atoms in total. The molecule has 0 bridgehead atoms. The molecule has 0 fully saturated rings. The fraction of sp³-hybridized carbons (Fsp3) is 0.111. The molecule has 2 heterocycles. The van der Waals surface area contributed by atoms with Crippen molar-refractivity contribution in [1.82, 2.24) is 15.0 Å². The van der Waals surface area contributed by atoms with E-state index in [2.05, 4.69) is 15.0 Å². The third-order valence-corrected chi connectivity index (χ3v) is 2.48. The van der Waals surface area contributed by atoms with E-state index >= 15 is 0 Å². The van der Waals surface area contributed by atoms with Gasteiger partial charge in [-0.15, -0.1) is 11.8 Å². The predicted octanol–water partition coefficient (Wildman–Crippen LogP) is 2.19. The lowest BCUT2D eigenvalue weighted by atomic mass is 10.3. The molecule has 0 spiro atoms. The van der Waals surface area contributed by atoms with Crippen LogP contribution in [0, 0.1) is 0 Å². The molecule has 0 unspecified atom stereocenters. The van der Waals surface area contributed by atoms with Gasteiger partial charge in [-0.05, 0) is 18.4 Å². The maximum absolute atomic E-state index is 4.28. The lowest BCUT2D eigenvalue weighted by molar-refractivity contribution is 1.17. The van der Waals surface area contributed by atoms with Crippen LogP contribution in [0.2, 0.25) is 0 Å². The highest BCUT2D eigenvalue weighted by Crippen LogP contribution is 2.24. The van der Waals surface area contributed by atoms with E-state index in [1.165, 1.54) is 0 Å². The second-order valence-corrected chi connectivity index (χ2v) is 3.34. The summed E-state index contributed by atoms with van der Waals surface area (Å²) < 4.78 is 0. The normalized spacial score (nSPS) is 10.2. The van der Waals surface area contributed by atoms with E-state index in [0.717, 1.165) is 16.4 Å². The number of thioether (sulfide) groups is 1. The van der Waals surface area contributed by atoms with Crippen LogP contribution in [-0.2, 0) is 0 Å². The number of pyridine rings is 1. The average Bonchev–Trinajstić information content (AvgIpc) is 2.70. The highest BCUT2D eigenvalue weighted by molar-refractivity contribution is 7.98. The van der Waals surface area contributed by atoms with Crippen LogP contribution in [0.4, 0.5) is 0 Å². The van der Waals surface area contributed by atoms with Crippen LogP contribution < -0.4 is 0 Å². The van der Waals surface area contributed by atoms with Crippen LogP contribution in [0.15, 0.2) is 35.6 Å². The molecule has 2 aromatic rings. The quantitative estimate of drug-likeness (QED) is 0.740. The van der Waals surface area contributed by atoms with Gasteiger partial charge in [-0.1, -0.05) is 0 Å². The Labute approximate surface area is 80.6 Å². The molecular weight excluding hydrogens is 182 g/mol. The summed E-state index contributed by atoms with van der Waals surface area (Å²) in [5.41, 5.74) is 0.917. The van der Waals surface area contributed by atoms with Gasteiger partial charge in [0.15, 0.2) is 5.82 Å². The molecule has 0 amide bonds. The monoisotopic (exact) mass is 191 g/mol. The molecular formula is C9H9N3S. The van der Waals surface area contributed by atoms with Crippen molar-refractivity contribution in [2.75, 3.05) is 6.26 Å². The van der Waals surface area contributed by atoms with E-state index in [-0.39, 0.29) is 0 Å². The highest BCUT2D eigenvalue weighted by atomic mass is 32.2. The lowest BCUT2D eigenvalue weighted by Crippen LogP contribution is -1.87. The molecule has 0 atom stereocenters. The van der Waals surface area contributed by atoms with Gasteiger partial charge in [-0.2, -0.15) is 0 Å². The maximum atomic E-state index is 4.28. The first kappa shape index (κ1) is 8.31. The zero-order valence-corrected chi connectivity index (χ0v) is 8.01. The lowest BCUT2D eigenvalue weighted by Gasteiger charge is -2.01. The van der Waals surface area contributed by atoms with E-state index < -0.39 is 0 Å². The van der Waals surface area contributed by atoms with Crippen molar-refractivity contribution in [3.8, 4) is 11.5 Å². The van der Waals surface area contributed by atoms with Crippen molar-refractivity contribution in [2.24, 2.45) is 0 Å². The number of nitrogens with zero attached hydrogens (tertiary/aromatic N) is 2. The van der Waals surface area contributed by atoms with Crippen LogP contribution in [0.25, 0.3) is 11.5 Å². The van der Waals surface area contributed by atoms with Gasteiger partial charge in [-0.3, -0.25) is 4.98 Å². The zero-order valence-electron chi connectivity index (χ0n) is 7.19.